The Labute approximate surface area is 113 Å². The first-order valence-corrected chi connectivity index (χ1v) is 7.33. The van der Waals surface area contributed by atoms with Crippen molar-refractivity contribution in [3.8, 4) is 0 Å². The highest BCUT2D eigenvalue weighted by Crippen LogP contribution is 2.14. The second-order valence-electron chi connectivity index (χ2n) is 4.45. The van der Waals surface area contributed by atoms with E-state index in [1.165, 1.54) is 17.5 Å². The zero-order valence-electron chi connectivity index (χ0n) is 10.7. The van der Waals surface area contributed by atoms with Crippen molar-refractivity contribution >= 4 is 21.7 Å². The number of alkyl halides is 1. The van der Waals surface area contributed by atoms with Crippen molar-refractivity contribution in [1.29, 1.82) is 0 Å². The average Bonchev–Trinajstić information content (AvgIpc) is 2.32. The van der Waals surface area contributed by atoms with E-state index in [1.807, 2.05) is 6.92 Å². The number of ketones is 1. The molecule has 1 atom stereocenters. The number of benzene rings is 1. The Bertz CT molecular complexity index is 342. The van der Waals surface area contributed by atoms with Crippen molar-refractivity contribution in [3.63, 3.8) is 0 Å². The lowest BCUT2D eigenvalue weighted by Crippen LogP contribution is -2.16. The topological polar surface area (TPSA) is 17.1 Å². The van der Waals surface area contributed by atoms with E-state index in [4.69, 9.17) is 0 Å². The molecule has 0 N–H and O–H groups in total. The molecule has 2 heteroatoms. The zero-order valence-corrected chi connectivity index (χ0v) is 12.3. The van der Waals surface area contributed by atoms with Crippen LogP contribution in [-0.4, -0.2) is 10.6 Å². The maximum Gasteiger partial charge on any atom is 0.146 e. The Balaban J connectivity index is 2.53. The first kappa shape index (κ1) is 14.4. The molecule has 0 bridgehead atoms. The van der Waals surface area contributed by atoms with Crippen LogP contribution in [0.1, 0.15) is 44.2 Å². The van der Waals surface area contributed by atoms with E-state index in [-0.39, 0.29) is 4.83 Å². The van der Waals surface area contributed by atoms with Gasteiger partial charge in [-0.1, -0.05) is 60.5 Å². The SMILES string of the molecule is CCCC(=O)C(Br)Cc1ccc(CCC)cc1. The molecule has 0 spiro atoms. The number of hydrogen-bond acceptors (Lipinski definition) is 1. The van der Waals surface area contributed by atoms with Gasteiger partial charge in [-0.15, -0.1) is 0 Å². The van der Waals surface area contributed by atoms with E-state index in [2.05, 4.69) is 47.1 Å². The first-order valence-electron chi connectivity index (χ1n) is 6.42. The normalized spacial score (nSPS) is 12.4. The number of carbonyl (C=O) groups is 1. The van der Waals surface area contributed by atoms with Crippen LogP contribution in [0.15, 0.2) is 24.3 Å². The van der Waals surface area contributed by atoms with Gasteiger partial charge in [0.05, 0.1) is 4.83 Å². The summed E-state index contributed by atoms with van der Waals surface area (Å²) in [6.45, 7) is 4.23. The van der Waals surface area contributed by atoms with E-state index in [1.54, 1.807) is 0 Å². The Morgan fingerprint density at radius 2 is 1.71 bits per heavy atom. The number of halogens is 1. The number of Topliss-reactive ketones (excluding diaryl/α,β-unsaturated/α-hetero) is 1. The fraction of sp³-hybridized carbons (Fsp3) is 0.533. The van der Waals surface area contributed by atoms with Gasteiger partial charge in [-0.25, -0.2) is 0 Å². The Hall–Kier alpha value is -0.630. The van der Waals surface area contributed by atoms with Crippen molar-refractivity contribution in [1.82, 2.24) is 0 Å². The van der Waals surface area contributed by atoms with Crippen LogP contribution in [0.2, 0.25) is 0 Å². The summed E-state index contributed by atoms with van der Waals surface area (Å²) in [6.07, 6.45) is 4.70. The van der Waals surface area contributed by atoms with Crippen molar-refractivity contribution in [2.45, 2.75) is 50.8 Å². The summed E-state index contributed by atoms with van der Waals surface area (Å²) in [5, 5.41) is 0. The molecule has 0 aliphatic heterocycles. The van der Waals surface area contributed by atoms with Crippen LogP contribution in [0.4, 0.5) is 0 Å². The molecule has 0 heterocycles. The lowest BCUT2D eigenvalue weighted by Gasteiger charge is -2.09. The van der Waals surface area contributed by atoms with E-state index in [9.17, 15) is 4.79 Å². The molecule has 1 aromatic rings. The summed E-state index contributed by atoms with van der Waals surface area (Å²) in [5.74, 6) is 0.310. The van der Waals surface area contributed by atoms with Crippen molar-refractivity contribution in [2.24, 2.45) is 0 Å². The molecule has 0 radical (unpaired) electrons. The highest BCUT2D eigenvalue weighted by molar-refractivity contribution is 9.10. The van der Waals surface area contributed by atoms with Gasteiger partial charge in [-0.3, -0.25) is 4.79 Å². The lowest BCUT2D eigenvalue weighted by atomic mass is 10.0. The Morgan fingerprint density at radius 1 is 1.12 bits per heavy atom. The molecule has 0 aliphatic rings. The Kier molecular flexibility index (Phi) is 6.49. The molecule has 1 rings (SSSR count). The number of hydrogen-bond donors (Lipinski definition) is 0. The van der Waals surface area contributed by atoms with E-state index in [0.29, 0.717) is 12.2 Å². The van der Waals surface area contributed by atoms with Crippen LogP contribution < -0.4 is 0 Å². The van der Waals surface area contributed by atoms with E-state index >= 15 is 0 Å². The van der Waals surface area contributed by atoms with E-state index < -0.39 is 0 Å². The molecule has 0 fully saturated rings. The molecular weight excluding hydrogens is 276 g/mol. The van der Waals surface area contributed by atoms with Crippen LogP contribution in [0, 0.1) is 0 Å². The van der Waals surface area contributed by atoms with Crippen LogP contribution >= 0.6 is 15.9 Å². The second kappa shape index (κ2) is 7.65. The van der Waals surface area contributed by atoms with Gasteiger partial charge in [0.15, 0.2) is 0 Å². The second-order valence-corrected chi connectivity index (χ2v) is 5.56. The fourth-order valence-electron chi connectivity index (χ4n) is 1.85. The van der Waals surface area contributed by atoms with Crippen LogP contribution in [0.5, 0.6) is 0 Å². The summed E-state index contributed by atoms with van der Waals surface area (Å²) in [7, 11) is 0. The minimum Gasteiger partial charge on any atom is -0.298 e. The predicted octanol–water partition coefficient (Wildman–Crippen LogP) is 4.31. The third kappa shape index (κ3) is 5.03. The Morgan fingerprint density at radius 3 is 2.24 bits per heavy atom. The molecule has 1 nitrogen and oxygen atoms in total. The molecule has 1 aromatic carbocycles. The van der Waals surface area contributed by atoms with Gasteiger partial charge in [0, 0.05) is 6.42 Å². The number of rotatable bonds is 7. The maximum absolute atomic E-state index is 11.7. The molecular formula is C15H21BrO. The zero-order chi connectivity index (χ0) is 12.7. The molecule has 1 unspecified atom stereocenters. The van der Waals surface area contributed by atoms with Gasteiger partial charge in [-0.2, -0.15) is 0 Å². The van der Waals surface area contributed by atoms with Gasteiger partial charge in [0.2, 0.25) is 0 Å². The van der Waals surface area contributed by atoms with Crippen LogP contribution in [0.25, 0.3) is 0 Å². The summed E-state index contributed by atoms with van der Waals surface area (Å²) in [6, 6.07) is 8.61. The van der Waals surface area contributed by atoms with Gasteiger partial charge in [-0.05, 0) is 30.4 Å². The highest BCUT2D eigenvalue weighted by Gasteiger charge is 2.13. The third-order valence-electron chi connectivity index (χ3n) is 2.82. The maximum atomic E-state index is 11.7. The molecule has 17 heavy (non-hydrogen) atoms. The quantitative estimate of drug-likeness (QED) is 0.685. The molecule has 94 valence electrons. The fourth-order valence-corrected chi connectivity index (χ4v) is 2.46. The third-order valence-corrected chi connectivity index (χ3v) is 3.66. The van der Waals surface area contributed by atoms with E-state index in [0.717, 1.165) is 19.3 Å². The smallest absolute Gasteiger partial charge is 0.146 e. The minimum atomic E-state index is -0.0283. The number of aryl methyl sites for hydroxylation is 1. The van der Waals surface area contributed by atoms with Gasteiger partial charge in [0.25, 0.3) is 0 Å². The monoisotopic (exact) mass is 296 g/mol. The van der Waals surface area contributed by atoms with Crippen molar-refractivity contribution in [3.05, 3.63) is 35.4 Å². The summed E-state index contributed by atoms with van der Waals surface area (Å²) >= 11 is 3.48. The molecule has 0 amide bonds. The summed E-state index contributed by atoms with van der Waals surface area (Å²) in [5.41, 5.74) is 2.61. The summed E-state index contributed by atoms with van der Waals surface area (Å²) in [4.78, 5) is 11.6. The van der Waals surface area contributed by atoms with Crippen LogP contribution in [-0.2, 0) is 17.6 Å². The number of carbonyl (C=O) groups excluding carboxylic acids is 1. The predicted molar refractivity (Wildman–Crippen MR) is 76.8 cm³/mol. The molecule has 0 aromatic heterocycles. The lowest BCUT2D eigenvalue weighted by molar-refractivity contribution is -0.118. The average molecular weight is 297 g/mol. The van der Waals surface area contributed by atoms with Crippen LogP contribution in [0.3, 0.4) is 0 Å². The van der Waals surface area contributed by atoms with Gasteiger partial charge < -0.3 is 0 Å². The highest BCUT2D eigenvalue weighted by atomic mass is 79.9. The minimum absolute atomic E-state index is 0.0283. The van der Waals surface area contributed by atoms with Gasteiger partial charge in [0.1, 0.15) is 5.78 Å². The van der Waals surface area contributed by atoms with Crippen molar-refractivity contribution < 1.29 is 4.79 Å². The molecule has 0 aliphatic carbocycles. The van der Waals surface area contributed by atoms with Gasteiger partial charge >= 0.3 is 0 Å². The molecule has 0 saturated heterocycles. The first-order chi connectivity index (χ1) is 8.17. The van der Waals surface area contributed by atoms with Crippen molar-refractivity contribution in [2.75, 3.05) is 0 Å². The molecule has 0 saturated carbocycles. The largest absolute Gasteiger partial charge is 0.298 e. The standard InChI is InChI=1S/C15H21BrO/c1-3-5-12-7-9-13(10-8-12)11-14(16)15(17)6-4-2/h7-10,14H,3-6,11H2,1-2H3. The summed E-state index contributed by atoms with van der Waals surface area (Å²) < 4.78 is 0.